The van der Waals surface area contributed by atoms with Gasteiger partial charge in [0.05, 0.1) is 17.8 Å². The van der Waals surface area contributed by atoms with E-state index in [-0.39, 0.29) is 34.4 Å². The molecule has 31 heavy (non-hydrogen) atoms. The SMILES string of the molecule is CCCCCC[C@](C)(O)[C@H]1CC[C@H]2[C@@H]3C[C@H](O)[C@H]4C[C@@H](O)CC[C@]4(C)[C@@]3(C)CC[C@@]21C. The van der Waals surface area contributed by atoms with Crippen molar-refractivity contribution in [2.24, 2.45) is 39.9 Å². The van der Waals surface area contributed by atoms with E-state index in [4.69, 9.17) is 0 Å². The van der Waals surface area contributed by atoms with Gasteiger partial charge in [-0.2, -0.15) is 0 Å². The third-order valence-corrected chi connectivity index (χ3v) is 11.8. The molecule has 3 nitrogen and oxygen atoms in total. The van der Waals surface area contributed by atoms with Crippen molar-refractivity contribution in [2.45, 2.75) is 136 Å². The predicted molar refractivity (Wildman–Crippen MR) is 127 cm³/mol. The smallest absolute Gasteiger partial charge is 0.0653 e. The first kappa shape index (κ1) is 24.0. The van der Waals surface area contributed by atoms with Crippen LogP contribution in [0.3, 0.4) is 0 Å². The molecule has 4 saturated carbocycles. The van der Waals surface area contributed by atoms with Crippen molar-refractivity contribution in [1.82, 2.24) is 0 Å². The highest BCUT2D eigenvalue weighted by atomic mass is 16.3. The Labute approximate surface area is 191 Å². The van der Waals surface area contributed by atoms with Crippen LogP contribution in [-0.2, 0) is 0 Å². The zero-order valence-electron chi connectivity index (χ0n) is 21.0. The minimum atomic E-state index is -0.570. The second-order valence-corrected chi connectivity index (χ2v) is 13.2. The van der Waals surface area contributed by atoms with Gasteiger partial charge in [-0.1, -0.05) is 53.4 Å². The van der Waals surface area contributed by atoms with Crippen LogP contribution in [0.2, 0.25) is 0 Å². The average Bonchev–Trinajstić information content (AvgIpc) is 3.07. The number of rotatable bonds is 6. The summed E-state index contributed by atoms with van der Waals surface area (Å²) in [7, 11) is 0. The fraction of sp³-hybridized carbons (Fsp3) is 1.00. The number of aliphatic hydroxyl groups excluding tert-OH is 2. The third kappa shape index (κ3) is 3.64. The molecule has 180 valence electrons. The molecule has 0 saturated heterocycles. The Kier molecular flexibility index (Phi) is 6.41. The normalized spacial score (nSPS) is 51.5. The van der Waals surface area contributed by atoms with Crippen molar-refractivity contribution < 1.29 is 15.3 Å². The van der Waals surface area contributed by atoms with Crippen molar-refractivity contribution in [3.63, 3.8) is 0 Å². The highest BCUT2D eigenvalue weighted by molar-refractivity contribution is 5.17. The van der Waals surface area contributed by atoms with E-state index >= 15 is 0 Å². The van der Waals surface area contributed by atoms with E-state index < -0.39 is 5.60 Å². The monoisotopic (exact) mass is 434 g/mol. The summed E-state index contributed by atoms with van der Waals surface area (Å²) in [4.78, 5) is 0. The average molecular weight is 435 g/mol. The minimum absolute atomic E-state index is 0.122. The molecule has 0 aromatic heterocycles. The molecule has 0 amide bonds. The molecule has 0 heterocycles. The van der Waals surface area contributed by atoms with Crippen LogP contribution in [-0.4, -0.2) is 33.1 Å². The predicted octanol–water partition coefficient (Wildman–Crippen LogP) is 6.09. The van der Waals surface area contributed by atoms with Crippen molar-refractivity contribution in [1.29, 1.82) is 0 Å². The number of aliphatic hydroxyl groups is 3. The van der Waals surface area contributed by atoms with E-state index in [1.807, 2.05) is 0 Å². The van der Waals surface area contributed by atoms with E-state index in [0.717, 1.165) is 44.9 Å². The van der Waals surface area contributed by atoms with Crippen LogP contribution >= 0.6 is 0 Å². The summed E-state index contributed by atoms with van der Waals surface area (Å²) in [6.45, 7) is 11.8. The third-order valence-electron chi connectivity index (χ3n) is 11.8. The Bertz CT molecular complexity index is 646. The van der Waals surface area contributed by atoms with Crippen LogP contribution in [0.5, 0.6) is 0 Å². The number of fused-ring (bicyclic) bond motifs is 5. The van der Waals surface area contributed by atoms with Gasteiger partial charge < -0.3 is 15.3 Å². The van der Waals surface area contributed by atoms with Gasteiger partial charge in [0.15, 0.2) is 0 Å². The molecule has 0 aromatic carbocycles. The summed E-state index contributed by atoms with van der Waals surface area (Å²) in [6.07, 6.45) is 13.7. The summed E-state index contributed by atoms with van der Waals surface area (Å²) in [5.41, 5.74) is -0.0189. The molecule has 0 spiro atoms. The lowest BCUT2D eigenvalue weighted by molar-refractivity contribution is -0.224. The Balaban J connectivity index is 1.57. The summed E-state index contributed by atoms with van der Waals surface area (Å²) in [5, 5.41) is 33.2. The van der Waals surface area contributed by atoms with Crippen molar-refractivity contribution in [3.8, 4) is 0 Å². The summed E-state index contributed by atoms with van der Waals surface area (Å²) >= 11 is 0. The topological polar surface area (TPSA) is 60.7 Å². The molecule has 0 aliphatic heterocycles. The minimum Gasteiger partial charge on any atom is -0.393 e. The van der Waals surface area contributed by atoms with E-state index in [0.29, 0.717) is 17.8 Å². The van der Waals surface area contributed by atoms with Gasteiger partial charge in [-0.05, 0) is 105 Å². The molecule has 0 radical (unpaired) electrons. The number of unbranched alkanes of at least 4 members (excludes halogenated alkanes) is 3. The van der Waals surface area contributed by atoms with Gasteiger partial charge in [0.25, 0.3) is 0 Å². The lowest BCUT2D eigenvalue weighted by Crippen LogP contribution is -2.64. The molecule has 0 bridgehead atoms. The molecule has 4 rings (SSSR count). The lowest BCUT2D eigenvalue weighted by atomic mass is 9.37. The van der Waals surface area contributed by atoms with Gasteiger partial charge in [0.1, 0.15) is 0 Å². The Morgan fingerprint density at radius 3 is 2.23 bits per heavy atom. The maximum absolute atomic E-state index is 11.6. The largest absolute Gasteiger partial charge is 0.393 e. The van der Waals surface area contributed by atoms with E-state index in [1.54, 1.807) is 0 Å². The first-order chi connectivity index (χ1) is 14.5. The fourth-order valence-corrected chi connectivity index (χ4v) is 9.72. The van der Waals surface area contributed by atoms with Gasteiger partial charge >= 0.3 is 0 Å². The molecule has 4 aliphatic rings. The molecule has 3 N–H and O–H groups in total. The van der Waals surface area contributed by atoms with Crippen molar-refractivity contribution in [3.05, 3.63) is 0 Å². The lowest BCUT2D eigenvalue weighted by Gasteiger charge is -2.68. The van der Waals surface area contributed by atoms with E-state index in [9.17, 15) is 15.3 Å². The second-order valence-electron chi connectivity index (χ2n) is 13.2. The molecule has 0 unspecified atom stereocenters. The van der Waals surface area contributed by atoms with Crippen LogP contribution in [0.25, 0.3) is 0 Å². The van der Waals surface area contributed by atoms with Gasteiger partial charge in [0.2, 0.25) is 0 Å². The molecule has 3 heteroatoms. The quantitative estimate of drug-likeness (QED) is 0.443. The highest BCUT2D eigenvalue weighted by Crippen LogP contribution is 2.73. The van der Waals surface area contributed by atoms with Gasteiger partial charge in [-0.3, -0.25) is 0 Å². The van der Waals surface area contributed by atoms with E-state index in [2.05, 4.69) is 34.6 Å². The molecule has 10 atom stereocenters. The summed E-state index contributed by atoms with van der Waals surface area (Å²) in [5.74, 6) is 1.77. The number of hydrogen-bond donors (Lipinski definition) is 3. The second kappa shape index (κ2) is 8.27. The maximum atomic E-state index is 11.6. The Morgan fingerprint density at radius 2 is 1.52 bits per heavy atom. The van der Waals surface area contributed by atoms with Crippen LogP contribution in [0, 0.1) is 39.9 Å². The van der Waals surface area contributed by atoms with Gasteiger partial charge in [0, 0.05) is 0 Å². The van der Waals surface area contributed by atoms with Crippen LogP contribution in [0.4, 0.5) is 0 Å². The first-order valence-corrected chi connectivity index (χ1v) is 13.6. The highest BCUT2D eigenvalue weighted by Gasteiger charge is 2.68. The molecule has 0 aromatic rings. The fourth-order valence-electron chi connectivity index (χ4n) is 9.72. The molecular weight excluding hydrogens is 384 g/mol. The van der Waals surface area contributed by atoms with Crippen molar-refractivity contribution in [2.75, 3.05) is 0 Å². The molecule has 4 aliphatic carbocycles. The maximum Gasteiger partial charge on any atom is 0.0653 e. The molecule has 4 fully saturated rings. The standard InChI is InChI=1S/C28H50O3/c1-6-7-8-9-13-28(5,31)24-11-10-20-21-18-23(30)22-17-19(29)12-14-26(22,3)27(21,4)16-15-25(20,24)2/h19-24,29-31H,6-18H2,1-5H3/t19-,20-,21-,22+,23-,24-,25-,26-,27-,28-/m0/s1. The zero-order valence-corrected chi connectivity index (χ0v) is 21.0. The van der Waals surface area contributed by atoms with Crippen LogP contribution < -0.4 is 0 Å². The van der Waals surface area contributed by atoms with Crippen LogP contribution in [0.1, 0.15) is 118 Å². The summed E-state index contributed by atoms with van der Waals surface area (Å²) in [6, 6.07) is 0. The van der Waals surface area contributed by atoms with E-state index in [1.165, 1.54) is 38.5 Å². The van der Waals surface area contributed by atoms with Gasteiger partial charge in [-0.15, -0.1) is 0 Å². The molecular formula is C28H50O3. The number of hydrogen-bond acceptors (Lipinski definition) is 3. The summed E-state index contributed by atoms with van der Waals surface area (Å²) < 4.78 is 0. The van der Waals surface area contributed by atoms with Crippen LogP contribution in [0.15, 0.2) is 0 Å². The van der Waals surface area contributed by atoms with Gasteiger partial charge in [-0.25, -0.2) is 0 Å². The Morgan fingerprint density at radius 1 is 0.806 bits per heavy atom. The zero-order chi connectivity index (χ0) is 22.7. The first-order valence-electron chi connectivity index (χ1n) is 13.6. The Hall–Kier alpha value is -0.120. The van der Waals surface area contributed by atoms with Crippen molar-refractivity contribution >= 4 is 0 Å².